The first-order valence-corrected chi connectivity index (χ1v) is 27.2. The molecule has 0 saturated heterocycles. The second-order valence-corrected chi connectivity index (χ2v) is 22.3. The van der Waals surface area contributed by atoms with Crippen LogP contribution in [-0.4, -0.2) is 15.8 Å². The Morgan fingerprint density at radius 1 is 0.368 bits per heavy atom. The molecule has 17 rings (SSSR count). The Labute approximate surface area is 443 Å². The number of thiophene rings is 2. The van der Waals surface area contributed by atoms with E-state index in [1.165, 1.54) is 40.3 Å². The second-order valence-electron chi connectivity index (χ2n) is 20.1. The number of para-hydroxylation sites is 4. The number of nitriles is 2. The number of hydrogen-bond donors (Lipinski definition) is 0. The summed E-state index contributed by atoms with van der Waals surface area (Å²) < 4.78 is 9.71. The van der Waals surface area contributed by atoms with E-state index in [9.17, 15) is 10.5 Å². The van der Waals surface area contributed by atoms with E-state index in [-0.39, 0.29) is 6.71 Å². The first-order chi connectivity index (χ1) is 37.6. The maximum absolute atomic E-state index is 12.3. The predicted molar refractivity (Wildman–Crippen MR) is 321 cm³/mol. The molecule has 348 valence electrons. The molecule has 0 amide bonds. The van der Waals surface area contributed by atoms with Crippen LogP contribution >= 0.6 is 22.7 Å². The smallest absolute Gasteiger partial charge is 0.252 e. The van der Waals surface area contributed by atoms with Crippen molar-refractivity contribution in [1.82, 2.24) is 9.13 Å². The molecule has 0 unspecified atom stereocenters. The van der Waals surface area contributed by atoms with Gasteiger partial charge < -0.3 is 14.0 Å². The van der Waals surface area contributed by atoms with Gasteiger partial charge in [0.25, 0.3) is 6.71 Å². The third kappa shape index (κ3) is 5.51. The highest BCUT2D eigenvalue weighted by Crippen LogP contribution is 2.49. The first-order valence-electron chi connectivity index (χ1n) is 25.6. The molecule has 6 heterocycles. The van der Waals surface area contributed by atoms with Crippen LogP contribution in [0.4, 0.5) is 17.1 Å². The lowest BCUT2D eigenvalue weighted by molar-refractivity contribution is 1.11. The van der Waals surface area contributed by atoms with E-state index in [0.29, 0.717) is 16.8 Å². The minimum atomic E-state index is -0.259. The highest BCUT2D eigenvalue weighted by Gasteiger charge is 2.45. The molecule has 0 bridgehead atoms. The lowest BCUT2D eigenvalue weighted by Crippen LogP contribution is -2.60. The third-order valence-electron chi connectivity index (χ3n) is 16.3. The molecular weight excluding hydrogens is 962 g/mol. The summed E-state index contributed by atoms with van der Waals surface area (Å²) in [6.07, 6.45) is 0. The summed E-state index contributed by atoms with van der Waals surface area (Å²) in [5.41, 5.74) is 16.4. The summed E-state index contributed by atoms with van der Waals surface area (Å²) in [7, 11) is 0. The van der Waals surface area contributed by atoms with Crippen LogP contribution in [0.2, 0.25) is 0 Å². The molecule has 0 N–H and O–H groups in total. The normalized spacial score (nSPS) is 12.4. The second kappa shape index (κ2) is 15.4. The van der Waals surface area contributed by atoms with Crippen LogP contribution in [0.25, 0.3) is 118 Å². The fraction of sp³-hybridized carbons (Fsp3) is 0. The molecular formula is C68H36BN5S2. The van der Waals surface area contributed by atoms with Crippen molar-refractivity contribution < 1.29 is 0 Å². The van der Waals surface area contributed by atoms with Crippen molar-refractivity contribution in [3.63, 3.8) is 0 Å². The fourth-order valence-corrected chi connectivity index (χ4v) is 15.4. The zero-order valence-electron chi connectivity index (χ0n) is 40.4. The van der Waals surface area contributed by atoms with E-state index < -0.39 is 0 Å². The summed E-state index contributed by atoms with van der Waals surface area (Å²) in [5, 5.41) is 34.0. The molecule has 11 aromatic carbocycles. The van der Waals surface area contributed by atoms with E-state index in [0.717, 1.165) is 105 Å². The fourth-order valence-electron chi connectivity index (χ4n) is 13.3. The topological polar surface area (TPSA) is 60.7 Å². The zero-order valence-corrected chi connectivity index (χ0v) is 42.0. The summed E-state index contributed by atoms with van der Waals surface area (Å²) in [6, 6.07) is 84.3. The molecule has 0 radical (unpaired) electrons. The lowest BCUT2D eigenvalue weighted by atomic mass is 9.34. The molecule has 15 aromatic rings. The molecule has 8 heteroatoms. The Morgan fingerprint density at radius 2 is 0.776 bits per heavy atom. The Morgan fingerprint density at radius 3 is 1.26 bits per heavy atom. The van der Waals surface area contributed by atoms with Crippen LogP contribution in [0.3, 0.4) is 0 Å². The molecule has 0 fully saturated rings. The zero-order chi connectivity index (χ0) is 49.9. The molecule has 0 aliphatic carbocycles. The van der Waals surface area contributed by atoms with Gasteiger partial charge >= 0.3 is 0 Å². The standard InChI is InChI=1S/C68H36BN5S2/c70-37-53-64(54(38-71)68-63-67(53)73-57-25-5-1-17-45(57)49-21-11-23-55(65(49)73)69(63)56-24-12-22-50-46-18-2-6-26-58(46)74(68)66(50)56)72(43-15-9-13-39(33-43)41-29-31-61-51(35-41)47-19-3-7-27-59(47)75-61)44-16-10-14-40(34-44)42-30-32-62-52(36-42)48-20-4-8-28-60(48)76-62/h1-36H. The van der Waals surface area contributed by atoms with Gasteiger partial charge in [0.15, 0.2) is 0 Å². The number of nitrogens with zero attached hydrogens (tertiary/aromatic N) is 5. The molecule has 5 nitrogen and oxygen atoms in total. The average Bonchev–Trinajstić information content (AvgIpc) is 4.39. The average molecular weight is 998 g/mol. The molecule has 2 aliphatic heterocycles. The van der Waals surface area contributed by atoms with Gasteiger partial charge in [-0.3, -0.25) is 0 Å². The Bertz CT molecular complexity index is 4870. The van der Waals surface area contributed by atoms with Gasteiger partial charge in [0, 0.05) is 84.3 Å². The number of rotatable bonds is 5. The maximum Gasteiger partial charge on any atom is 0.252 e. The van der Waals surface area contributed by atoms with Gasteiger partial charge in [-0.2, -0.15) is 10.5 Å². The number of anilines is 3. The van der Waals surface area contributed by atoms with Gasteiger partial charge in [0.1, 0.15) is 23.3 Å². The summed E-state index contributed by atoms with van der Waals surface area (Å²) in [5.74, 6) is 0. The number of hydrogen-bond acceptors (Lipinski definition) is 5. The maximum atomic E-state index is 12.3. The molecule has 76 heavy (non-hydrogen) atoms. The number of benzene rings is 11. The van der Waals surface area contributed by atoms with Gasteiger partial charge in [0.05, 0.1) is 28.1 Å². The van der Waals surface area contributed by atoms with E-state index in [4.69, 9.17) is 0 Å². The summed E-state index contributed by atoms with van der Waals surface area (Å²) in [6.45, 7) is -0.259. The Kier molecular flexibility index (Phi) is 8.47. The third-order valence-corrected chi connectivity index (χ3v) is 18.6. The summed E-state index contributed by atoms with van der Waals surface area (Å²) >= 11 is 3.63. The van der Waals surface area contributed by atoms with Crippen molar-refractivity contribution in [2.45, 2.75) is 0 Å². The van der Waals surface area contributed by atoms with Gasteiger partial charge in [-0.25, -0.2) is 0 Å². The highest BCUT2D eigenvalue weighted by molar-refractivity contribution is 7.26. The van der Waals surface area contributed by atoms with Crippen molar-refractivity contribution in [2.75, 3.05) is 4.90 Å². The number of aromatic nitrogens is 2. The van der Waals surface area contributed by atoms with Crippen LogP contribution in [0.5, 0.6) is 0 Å². The van der Waals surface area contributed by atoms with E-state index in [1.54, 1.807) is 0 Å². The lowest BCUT2D eigenvalue weighted by Gasteiger charge is -2.37. The van der Waals surface area contributed by atoms with Crippen molar-refractivity contribution in [3.05, 3.63) is 230 Å². The van der Waals surface area contributed by atoms with Gasteiger partial charge in [-0.15, -0.1) is 22.7 Å². The molecule has 0 saturated carbocycles. The van der Waals surface area contributed by atoms with Crippen LogP contribution in [0.1, 0.15) is 11.1 Å². The summed E-state index contributed by atoms with van der Waals surface area (Å²) in [4.78, 5) is 2.21. The van der Waals surface area contributed by atoms with Crippen LogP contribution < -0.4 is 21.3 Å². The molecule has 0 atom stereocenters. The van der Waals surface area contributed by atoms with E-state index in [1.807, 2.05) is 22.7 Å². The molecule has 4 aromatic heterocycles. The predicted octanol–water partition coefficient (Wildman–Crippen LogP) is 16.3. The van der Waals surface area contributed by atoms with Crippen molar-refractivity contribution in [2.24, 2.45) is 0 Å². The first kappa shape index (κ1) is 41.7. The van der Waals surface area contributed by atoms with E-state index >= 15 is 0 Å². The largest absolute Gasteiger partial charge is 0.309 e. The minimum Gasteiger partial charge on any atom is -0.309 e. The van der Waals surface area contributed by atoms with Crippen LogP contribution in [0.15, 0.2) is 218 Å². The van der Waals surface area contributed by atoms with Crippen LogP contribution in [0, 0.1) is 22.7 Å². The van der Waals surface area contributed by atoms with Crippen molar-refractivity contribution >= 4 is 147 Å². The Balaban J connectivity index is 1.01. The molecule has 2 aliphatic rings. The van der Waals surface area contributed by atoms with Gasteiger partial charge in [-0.05, 0) is 111 Å². The van der Waals surface area contributed by atoms with Gasteiger partial charge in [-0.1, -0.05) is 146 Å². The monoisotopic (exact) mass is 997 g/mol. The van der Waals surface area contributed by atoms with Crippen molar-refractivity contribution in [3.8, 4) is 45.8 Å². The highest BCUT2D eigenvalue weighted by atomic mass is 32.1. The van der Waals surface area contributed by atoms with Gasteiger partial charge in [0.2, 0.25) is 0 Å². The van der Waals surface area contributed by atoms with Crippen molar-refractivity contribution in [1.29, 1.82) is 10.5 Å². The number of fused-ring (bicyclic) bond motifs is 16. The van der Waals surface area contributed by atoms with Crippen LogP contribution in [-0.2, 0) is 0 Å². The Hall–Kier alpha value is -9.70. The molecule has 0 spiro atoms. The quantitative estimate of drug-likeness (QED) is 0.161. The minimum absolute atomic E-state index is 0.259. The SMILES string of the molecule is N#Cc1c(N(c2cccc(-c3ccc4sc5ccccc5c4c3)c2)c2cccc(-c3ccc4sc5ccccc5c4c3)c2)c(C#N)c2c3c1-n1c4ccccc4c4cccc(c41)B3c1cccc3c4ccccc4n-2c13. The van der Waals surface area contributed by atoms with E-state index in [2.05, 4.69) is 245 Å².